The second-order valence-electron chi connectivity index (χ2n) is 5.19. The molecule has 0 radical (unpaired) electrons. The molecule has 23 heavy (non-hydrogen) atoms. The Morgan fingerprint density at radius 3 is 2.13 bits per heavy atom. The van der Waals surface area contributed by atoms with E-state index in [1.54, 1.807) is 6.21 Å². The highest BCUT2D eigenvalue weighted by Crippen LogP contribution is 2.14. The number of para-hydroxylation sites is 2. The number of rotatable bonds is 3. The van der Waals surface area contributed by atoms with Crippen LogP contribution in [0.15, 0.2) is 77.9 Å². The lowest BCUT2D eigenvalue weighted by molar-refractivity contribution is 1.26. The van der Waals surface area contributed by atoms with Gasteiger partial charge in [0.05, 0.1) is 22.9 Å². The van der Waals surface area contributed by atoms with Gasteiger partial charge in [-0.3, -0.25) is 5.43 Å². The van der Waals surface area contributed by atoms with E-state index in [0.717, 1.165) is 27.5 Å². The largest absolute Gasteiger partial charge is 0.261 e. The van der Waals surface area contributed by atoms with Crippen molar-refractivity contribution in [2.45, 2.75) is 0 Å². The van der Waals surface area contributed by atoms with Gasteiger partial charge in [0.15, 0.2) is 0 Å². The van der Waals surface area contributed by atoms with Crippen molar-refractivity contribution in [1.82, 2.24) is 9.97 Å². The number of benzene rings is 2. The van der Waals surface area contributed by atoms with Crippen molar-refractivity contribution in [2.75, 3.05) is 5.43 Å². The normalized spacial score (nSPS) is 11.3. The minimum atomic E-state index is 0.709. The van der Waals surface area contributed by atoms with Crippen molar-refractivity contribution in [3.8, 4) is 0 Å². The van der Waals surface area contributed by atoms with E-state index >= 15 is 0 Å². The fraction of sp³-hybridized carbons (Fsp3) is 0. The zero-order valence-electron chi connectivity index (χ0n) is 12.3. The average Bonchev–Trinajstić information content (AvgIpc) is 2.61. The standard InChI is InChI=1S/C19H14N4/c1-3-7-17-14(5-1)9-11-16(21-17)13-20-23-19-12-10-15-6-2-4-8-18(15)22-19/h1-13H,(H,22,23)/b20-13+. The van der Waals surface area contributed by atoms with E-state index in [1.807, 2.05) is 72.8 Å². The monoisotopic (exact) mass is 298 g/mol. The quantitative estimate of drug-likeness (QED) is 0.455. The Morgan fingerprint density at radius 1 is 0.696 bits per heavy atom. The number of aromatic nitrogens is 2. The molecule has 0 aliphatic heterocycles. The molecule has 2 aromatic carbocycles. The molecule has 0 atom stereocenters. The summed E-state index contributed by atoms with van der Waals surface area (Å²) < 4.78 is 0. The lowest BCUT2D eigenvalue weighted by Crippen LogP contribution is -1.95. The molecule has 2 aromatic heterocycles. The number of hydrogen-bond donors (Lipinski definition) is 1. The van der Waals surface area contributed by atoms with E-state index < -0.39 is 0 Å². The van der Waals surface area contributed by atoms with Gasteiger partial charge in [0.2, 0.25) is 0 Å². The molecular weight excluding hydrogens is 284 g/mol. The zero-order chi connectivity index (χ0) is 15.5. The van der Waals surface area contributed by atoms with Crippen LogP contribution in [0.2, 0.25) is 0 Å². The molecule has 0 unspecified atom stereocenters. The molecule has 4 rings (SSSR count). The van der Waals surface area contributed by atoms with Crippen LogP contribution < -0.4 is 5.43 Å². The molecule has 0 amide bonds. The number of pyridine rings is 2. The Balaban J connectivity index is 1.55. The molecule has 0 saturated carbocycles. The molecule has 2 heterocycles. The van der Waals surface area contributed by atoms with E-state index in [-0.39, 0.29) is 0 Å². The van der Waals surface area contributed by atoms with Crippen LogP contribution in [0.3, 0.4) is 0 Å². The van der Waals surface area contributed by atoms with Crippen molar-refractivity contribution in [2.24, 2.45) is 5.10 Å². The lowest BCUT2D eigenvalue weighted by atomic mass is 10.2. The third kappa shape index (κ3) is 2.87. The Kier molecular flexibility index (Phi) is 3.41. The first-order valence-electron chi connectivity index (χ1n) is 7.39. The Bertz CT molecular complexity index is 1010. The summed E-state index contributed by atoms with van der Waals surface area (Å²) in [5.41, 5.74) is 5.65. The maximum atomic E-state index is 4.55. The molecular formula is C19H14N4. The first-order chi connectivity index (χ1) is 11.4. The van der Waals surface area contributed by atoms with E-state index in [9.17, 15) is 0 Å². The number of nitrogens with zero attached hydrogens (tertiary/aromatic N) is 3. The van der Waals surface area contributed by atoms with E-state index in [4.69, 9.17) is 0 Å². The third-order valence-electron chi connectivity index (χ3n) is 3.59. The van der Waals surface area contributed by atoms with Crippen LogP contribution in [0.1, 0.15) is 5.69 Å². The molecule has 0 saturated heterocycles. The van der Waals surface area contributed by atoms with Gasteiger partial charge in [0.1, 0.15) is 5.82 Å². The topological polar surface area (TPSA) is 50.2 Å². The van der Waals surface area contributed by atoms with Gasteiger partial charge in [-0.05, 0) is 30.3 Å². The number of fused-ring (bicyclic) bond motifs is 2. The van der Waals surface area contributed by atoms with Crippen molar-refractivity contribution in [3.63, 3.8) is 0 Å². The zero-order valence-corrected chi connectivity index (χ0v) is 12.3. The first kappa shape index (κ1) is 13.4. The highest BCUT2D eigenvalue weighted by Gasteiger charge is 1.97. The Morgan fingerprint density at radius 2 is 1.35 bits per heavy atom. The molecule has 0 bridgehead atoms. The Labute approximate surface area is 133 Å². The van der Waals surface area contributed by atoms with Gasteiger partial charge in [-0.15, -0.1) is 0 Å². The van der Waals surface area contributed by atoms with E-state index in [2.05, 4.69) is 20.5 Å². The molecule has 0 aliphatic carbocycles. The van der Waals surface area contributed by atoms with E-state index in [1.165, 1.54) is 0 Å². The second-order valence-corrected chi connectivity index (χ2v) is 5.19. The predicted octanol–water partition coefficient (Wildman–Crippen LogP) is 4.23. The van der Waals surface area contributed by atoms with Crippen LogP contribution in [-0.4, -0.2) is 16.2 Å². The van der Waals surface area contributed by atoms with Gasteiger partial charge in [-0.25, -0.2) is 9.97 Å². The number of nitrogens with one attached hydrogen (secondary N) is 1. The van der Waals surface area contributed by atoms with Crippen LogP contribution in [0, 0.1) is 0 Å². The minimum Gasteiger partial charge on any atom is -0.261 e. The maximum Gasteiger partial charge on any atom is 0.146 e. The van der Waals surface area contributed by atoms with Crippen LogP contribution in [0.5, 0.6) is 0 Å². The van der Waals surface area contributed by atoms with Gasteiger partial charge in [0, 0.05) is 10.8 Å². The smallest absolute Gasteiger partial charge is 0.146 e. The van der Waals surface area contributed by atoms with Crippen LogP contribution >= 0.6 is 0 Å². The first-order valence-corrected chi connectivity index (χ1v) is 7.39. The lowest BCUT2D eigenvalue weighted by Gasteiger charge is -2.02. The average molecular weight is 298 g/mol. The predicted molar refractivity (Wildman–Crippen MR) is 94.7 cm³/mol. The highest BCUT2D eigenvalue weighted by atomic mass is 15.3. The SMILES string of the molecule is C(=N\Nc1ccc2ccccc2n1)/c1ccc2ccccc2n1. The molecule has 0 fully saturated rings. The summed E-state index contributed by atoms with van der Waals surface area (Å²) in [5, 5.41) is 6.45. The van der Waals surface area contributed by atoms with Crippen molar-refractivity contribution in [3.05, 3.63) is 78.5 Å². The summed E-state index contributed by atoms with van der Waals surface area (Å²) in [6, 6.07) is 23.9. The van der Waals surface area contributed by atoms with Gasteiger partial charge >= 0.3 is 0 Å². The second kappa shape index (κ2) is 5.85. The number of hydrazone groups is 1. The van der Waals surface area contributed by atoms with Gasteiger partial charge in [0.25, 0.3) is 0 Å². The number of anilines is 1. The minimum absolute atomic E-state index is 0.709. The van der Waals surface area contributed by atoms with Crippen molar-refractivity contribution >= 4 is 33.8 Å². The summed E-state index contributed by atoms with van der Waals surface area (Å²) in [7, 11) is 0. The molecule has 4 aromatic rings. The summed E-state index contributed by atoms with van der Waals surface area (Å²) >= 11 is 0. The highest BCUT2D eigenvalue weighted by molar-refractivity contribution is 5.85. The molecule has 1 N–H and O–H groups in total. The van der Waals surface area contributed by atoms with Gasteiger partial charge < -0.3 is 0 Å². The summed E-state index contributed by atoms with van der Waals surface area (Å²) in [5.74, 6) is 0.709. The van der Waals surface area contributed by atoms with Gasteiger partial charge in [-0.1, -0.05) is 42.5 Å². The fourth-order valence-corrected chi connectivity index (χ4v) is 2.45. The molecule has 110 valence electrons. The maximum absolute atomic E-state index is 4.55. The summed E-state index contributed by atoms with van der Waals surface area (Å²) in [4.78, 5) is 9.06. The van der Waals surface area contributed by atoms with Crippen LogP contribution in [-0.2, 0) is 0 Å². The van der Waals surface area contributed by atoms with Crippen LogP contribution in [0.25, 0.3) is 21.8 Å². The summed E-state index contributed by atoms with van der Waals surface area (Å²) in [6.07, 6.45) is 1.70. The fourth-order valence-electron chi connectivity index (χ4n) is 2.45. The molecule has 4 nitrogen and oxygen atoms in total. The molecule has 0 aliphatic rings. The van der Waals surface area contributed by atoms with Crippen LogP contribution in [0.4, 0.5) is 5.82 Å². The van der Waals surface area contributed by atoms with Crippen molar-refractivity contribution in [1.29, 1.82) is 0 Å². The molecule has 4 heteroatoms. The summed E-state index contributed by atoms with van der Waals surface area (Å²) in [6.45, 7) is 0. The van der Waals surface area contributed by atoms with Gasteiger partial charge in [-0.2, -0.15) is 5.10 Å². The molecule has 0 spiro atoms. The number of hydrogen-bond acceptors (Lipinski definition) is 4. The van der Waals surface area contributed by atoms with E-state index in [0.29, 0.717) is 5.82 Å². The van der Waals surface area contributed by atoms with Crippen molar-refractivity contribution < 1.29 is 0 Å². The third-order valence-corrected chi connectivity index (χ3v) is 3.59. The Hall–Kier alpha value is -3.27.